The number of aromatic nitrogens is 1. The van der Waals surface area contributed by atoms with Crippen LogP contribution in [0.15, 0.2) is 54.6 Å². The van der Waals surface area contributed by atoms with E-state index in [0.29, 0.717) is 11.6 Å². The zero-order valence-electron chi connectivity index (χ0n) is 11.6. The molecule has 0 aliphatic heterocycles. The molecule has 4 nitrogen and oxygen atoms in total. The summed E-state index contributed by atoms with van der Waals surface area (Å²) in [7, 11) is 1.63. The molecule has 0 fully saturated rings. The van der Waals surface area contributed by atoms with E-state index in [0.717, 1.165) is 22.2 Å². The van der Waals surface area contributed by atoms with Crippen LogP contribution >= 0.6 is 0 Å². The Morgan fingerprint density at radius 2 is 1.71 bits per heavy atom. The number of aliphatic hydroxyl groups is 1. The van der Waals surface area contributed by atoms with Gasteiger partial charge in [0.05, 0.1) is 19.2 Å². The van der Waals surface area contributed by atoms with E-state index in [2.05, 4.69) is 4.98 Å². The molecule has 0 unspecified atom stereocenters. The Morgan fingerprint density at radius 3 is 2.43 bits per heavy atom. The summed E-state index contributed by atoms with van der Waals surface area (Å²) in [5, 5.41) is 10.1. The van der Waals surface area contributed by atoms with Crippen LogP contribution in [0.25, 0.3) is 10.9 Å². The predicted molar refractivity (Wildman–Crippen MR) is 80.7 cm³/mol. The zero-order valence-corrected chi connectivity index (χ0v) is 11.6. The van der Waals surface area contributed by atoms with E-state index in [-0.39, 0.29) is 6.61 Å². The molecule has 0 saturated carbocycles. The molecule has 0 saturated heterocycles. The summed E-state index contributed by atoms with van der Waals surface area (Å²) >= 11 is 0. The predicted octanol–water partition coefficient (Wildman–Crippen LogP) is 3.53. The highest BCUT2D eigenvalue weighted by Crippen LogP contribution is 2.24. The van der Waals surface area contributed by atoms with Gasteiger partial charge in [-0.3, -0.25) is 0 Å². The van der Waals surface area contributed by atoms with Crippen molar-refractivity contribution < 1.29 is 14.6 Å². The van der Waals surface area contributed by atoms with E-state index in [1.165, 1.54) is 0 Å². The van der Waals surface area contributed by atoms with E-state index in [4.69, 9.17) is 14.6 Å². The number of rotatable bonds is 4. The van der Waals surface area contributed by atoms with E-state index in [1.54, 1.807) is 7.11 Å². The topological polar surface area (TPSA) is 51.6 Å². The third-order valence-corrected chi connectivity index (χ3v) is 3.19. The second-order valence-corrected chi connectivity index (χ2v) is 4.61. The first-order valence-electron chi connectivity index (χ1n) is 6.61. The average molecular weight is 281 g/mol. The molecule has 1 aromatic heterocycles. The van der Waals surface area contributed by atoms with Crippen molar-refractivity contribution in [1.82, 2.24) is 4.98 Å². The Hall–Kier alpha value is -2.59. The summed E-state index contributed by atoms with van der Waals surface area (Å²) in [6.45, 7) is 0.0278. The van der Waals surface area contributed by atoms with Crippen molar-refractivity contribution in [1.29, 1.82) is 0 Å². The number of fused-ring (bicyclic) bond motifs is 1. The van der Waals surface area contributed by atoms with E-state index in [9.17, 15) is 0 Å². The van der Waals surface area contributed by atoms with Gasteiger partial charge in [0.25, 0.3) is 0 Å². The number of hydrogen-bond donors (Lipinski definition) is 1. The number of benzene rings is 2. The summed E-state index contributed by atoms with van der Waals surface area (Å²) in [5.41, 5.74) is 1.70. The van der Waals surface area contributed by atoms with Crippen molar-refractivity contribution in [3.8, 4) is 17.4 Å². The summed E-state index contributed by atoms with van der Waals surface area (Å²) in [6.07, 6.45) is 0. The molecule has 0 aliphatic rings. The minimum absolute atomic E-state index is 0.0278. The molecule has 0 spiro atoms. The number of aliphatic hydroxyl groups excluding tert-OH is 1. The molecule has 0 atom stereocenters. The first kappa shape index (κ1) is 13.4. The van der Waals surface area contributed by atoms with Crippen LogP contribution in [0, 0.1) is 0 Å². The van der Waals surface area contributed by atoms with Crippen LogP contribution in [0.1, 0.15) is 5.56 Å². The largest absolute Gasteiger partial charge is 0.497 e. The van der Waals surface area contributed by atoms with Crippen molar-refractivity contribution in [3.63, 3.8) is 0 Å². The van der Waals surface area contributed by atoms with Crippen molar-refractivity contribution in [2.45, 2.75) is 6.61 Å². The fourth-order valence-electron chi connectivity index (χ4n) is 2.08. The van der Waals surface area contributed by atoms with Gasteiger partial charge in [0.15, 0.2) is 0 Å². The Kier molecular flexibility index (Phi) is 3.71. The Bertz CT molecular complexity index is 754. The molecule has 0 radical (unpaired) electrons. The van der Waals surface area contributed by atoms with Gasteiger partial charge in [-0.15, -0.1) is 0 Å². The average Bonchev–Trinajstić information content (AvgIpc) is 2.55. The van der Waals surface area contributed by atoms with Crippen molar-refractivity contribution in [2.24, 2.45) is 0 Å². The zero-order chi connectivity index (χ0) is 14.7. The summed E-state index contributed by atoms with van der Waals surface area (Å²) < 4.78 is 10.8. The molecular weight excluding hydrogens is 266 g/mol. The van der Waals surface area contributed by atoms with Gasteiger partial charge in [-0.2, -0.15) is 0 Å². The van der Waals surface area contributed by atoms with Crippen LogP contribution in [0.5, 0.6) is 17.4 Å². The molecule has 1 heterocycles. The Morgan fingerprint density at radius 1 is 0.952 bits per heavy atom. The molecule has 0 amide bonds. The van der Waals surface area contributed by atoms with Crippen molar-refractivity contribution >= 4 is 10.9 Å². The second-order valence-electron chi connectivity index (χ2n) is 4.61. The lowest BCUT2D eigenvalue weighted by atomic mass is 10.1. The lowest BCUT2D eigenvalue weighted by Crippen LogP contribution is -1.90. The maximum Gasteiger partial charge on any atom is 0.219 e. The molecule has 3 rings (SSSR count). The van der Waals surface area contributed by atoms with Crippen LogP contribution in [-0.4, -0.2) is 17.2 Å². The number of methoxy groups -OCH3 is 1. The first-order valence-corrected chi connectivity index (χ1v) is 6.61. The van der Waals surface area contributed by atoms with Crippen LogP contribution in [0.4, 0.5) is 0 Å². The number of nitrogens with zero attached hydrogens (tertiary/aromatic N) is 1. The highest BCUT2D eigenvalue weighted by atomic mass is 16.5. The standard InChI is InChI=1S/C17H15NO3/c1-20-14-4-6-15(7-5-14)21-17-9-3-13-10-12(11-19)2-8-16(13)18-17/h2-10,19H,11H2,1H3. The molecule has 106 valence electrons. The third kappa shape index (κ3) is 2.95. The quantitative estimate of drug-likeness (QED) is 0.795. The first-order chi connectivity index (χ1) is 10.3. The maximum absolute atomic E-state index is 9.13. The molecular formula is C17H15NO3. The van der Waals surface area contributed by atoms with Crippen LogP contribution in [0.2, 0.25) is 0 Å². The fraction of sp³-hybridized carbons (Fsp3) is 0.118. The highest BCUT2D eigenvalue weighted by Gasteiger charge is 2.02. The van der Waals surface area contributed by atoms with Gasteiger partial charge in [-0.25, -0.2) is 4.98 Å². The SMILES string of the molecule is COc1ccc(Oc2ccc3cc(CO)ccc3n2)cc1. The number of hydrogen-bond acceptors (Lipinski definition) is 4. The molecule has 3 aromatic rings. The van der Waals surface area contributed by atoms with E-state index < -0.39 is 0 Å². The van der Waals surface area contributed by atoms with Gasteiger partial charge in [0.1, 0.15) is 11.5 Å². The minimum atomic E-state index is 0.0278. The normalized spacial score (nSPS) is 10.6. The van der Waals surface area contributed by atoms with Crippen LogP contribution < -0.4 is 9.47 Å². The molecule has 0 bridgehead atoms. The van der Waals surface area contributed by atoms with Crippen LogP contribution in [-0.2, 0) is 6.61 Å². The third-order valence-electron chi connectivity index (χ3n) is 3.19. The lowest BCUT2D eigenvalue weighted by Gasteiger charge is -2.07. The summed E-state index contributed by atoms with van der Waals surface area (Å²) in [4.78, 5) is 4.45. The summed E-state index contributed by atoms with van der Waals surface area (Å²) in [6, 6.07) is 16.7. The van der Waals surface area contributed by atoms with Crippen molar-refractivity contribution in [2.75, 3.05) is 7.11 Å². The van der Waals surface area contributed by atoms with E-state index in [1.807, 2.05) is 54.6 Å². The van der Waals surface area contributed by atoms with Crippen molar-refractivity contribution in [3.05, 3.63) is 60.2 Å². The Balaban J connectivity index is 1.86. The second kappa shape index (κ2) is 5.81. The highest BCUT2D eigenvalue weighted by molar-refractivity contribution is 5.79. The maximum atomic E-state index is 9.13. The van der Waals surface area contributed by atoms with Gasteiger partial charge >= 0.3 is 0 Å². The fourth-order valence-corrected chi connectivity index (χ4v) is 2.08. The van der Waals surface area contributed by atoms with Gasteiger partial charge in [0, 0.05) is 11.5 Å². The summed E-state index contributed by atoms with van der Waals surface area (Å²) in [5.74, 6) is 2.02. The molecule has 2 aromatic carbocycles. The van der Waals surface area contributed by atoms with Gasteiger partial charge in [-0.1, -0.05) is 6.07 Å². The van der Waals surface area contributed by atoms with Gasteiger partial charge in [-0.05, 0) is 48.0 Å². The Labute approximate surface area is 122 Å². The van der Waals surface area contributed by atoms with Crippen LogP contribution in [0.3, 0.4) is 0 Å². The molecule has 1 N–H and O–H groups in total. The molecule has 0 aliphatic carbocycles. The van der Waals surface area contributed by atoms with E-state index >= 15 is 0 Å². The monoisotopic (exact) mass is 281 g/mol. The van der Waals surface area contributed by atoms with Gasteiger partial charge < -0.3 is 14.6 Å². The number of ether oxygens (including phenoxy) is 2. The lowest BCUT2D eigenvalue weighted by molar-refractivity contribution is 0.282. The minimum Gasteiger partial charge on any atom is -0.497 e. The smallest absolute Gasteiger partial charge is 0.219 e. The molecule has 21 heavy (non-hydrogen) atoms. The molecule has 4 heteroatoms. The number of pyridine rings is 1. The van der Waals surface area contributed by atoms with Gasteiger partial charge in [0.2, 0.25) is 5.88 Å².